The van der Waals surface area contributed by atoms with Crippen molar-refractivity contribution in [3.63, 3.8) is 0 Å². The predicted octanol–water partition coefficient (Wildman–Crippen LogP) is 3.38. The molecule has 5 heteroatoms. The highest BCUT2D eigenvalue weighted by atomic mass is 79.9. The minimum absolute atomic E-state index is 0.00266. The topological polar surface area (TPSA) is 55.6 Å². The Bertz CT molecular complexity index is 693. The maximum Gasteiger partial charge on any atom is 0.268 e. The number of amides is 1. The zero-order valence-corrected chi connectivity index (χ0v) is 15.0. The van der Waals surface area contributed by atoms with Gasteiger partial charge in [-0.15, -0.1) is 0 Å². The summed E-state index contributed by atoms with van der Waals surface area (Å²) in [6.07, 6.45) is 0.317. The van der Waals surface area contributed by atoms with E-state index in [0.717, 1.165) is 23.0 Å². The second-order valence-corrected chi connectivity index (χ2v) is 6.96. The van der Waals surface area contributed by atoms with E-state index in [2.05, 4.69) is 15.9 Å². The van der Waals surface area contributed by atoms with E-state index in [1.807, 2.05) is 59.5 Å². The first kappa shape index (κ1) is 17.0. The van der Waals surface area contributed by atoms with Crippen LogP contribution < -0.4 is 10.5 Å². The van der Waals surface area contributed by atoms with Crippen LogP contribution in [0.3, 0.4) is 0 Å². The fraction of sp³-hybridized carbons (Fsp3) is 0.316. The first-order valence-corrected chi connectivity index (χ1v) is 8.92. The van der Waals surface area contributed by atoms with Crippen LogP contribution in [0.4, 0.5) is 0 Å². The minimum Gasteiger partial charge on any atom is -0.476 e. The summed E-state index contributed by atoms with van der Waals surface area (Å²) in [6, 6.07) is 17.2. The van der Waals surface area contributed by atoms with Crippen molar-refractivity contribution < 1.29 is 9.53 Å². The highest BCUT2D eigenvalue weighted by molar-refractivity contribution is 9.10. The molecule has 2 atom stereocenters. The van der Waals surface area contributed by atoms with E-state index in [-0.39, 0.29) is 5.91 Å². The van der Waals surface area contributed by atoms with E-state index in [1.54, 1.807) is 0 Å². The van der Waals surface area contributed by atoms with Gasteiger partial charge < -0.3 is 15.4 Å². The Morgan fingerprint density at radius 3 is 2.71 bits per heavy atom. The number of hydrogen-bond acceptors (Lipinski definition) is 3. The smallest absolute Gasteiger partial charge is 0.268 e. The Hall–Kier alpha value is -1.85. The molecule has 0 spiro atoms. The summed E-state index contributed by atoms with van der Waals surface area (Å²) in [5, 5.41) is 0. The average molecular weight is 389 g/mol. The van der Waals surface area contributed by atoms with Crippen LogP contribution in [0.15, 0.2) is 59.1 Å². The number of likely N-dealkylation sites (tertiary alicyclic amines) is 1. The van der Waals surface area contributed by atoms with Crippen molar-refractivity contribution in [1.29, 1.82) is 0 Å². The molecule has 2 aromatic rings. The van der Waals surface area contributed by atoms with Gasteiger partial charge in [0, 0.05) is 23.1 Å². The van der Waals surface area contributed by atoms with E-state index < -0.39 is 6.10 Å². The largest absolute Gasteiger partial charge is 0.476 e. The molecule has 126 valence electrons. The van der Waals surface area contributed by atoms with E-state index in [1.165, 1.54) is 0 Å². The molecular formula is C19H21BrN2O2. The Morgan fingerprint density at radius 2 is 2.04 bits per heavy atom. The van der Waals surface area contributed by atoms with Crippen LogP contribution in [0.5, 0.6) is 5.75 Å². The van der Waals surface area contributed by atoms with Crippen LogP contribution in [0.25, 0.3) is 0 Å². The van der Waals surface area contributed by atoms with Gasteiger partial charge in [-0.25, -0.2) is 0 Å². The van der Waals surface area contributed by atoms with Gasteiger partial charge in [0.05, 0.1) is 0 Å². The molecule has 2 N–H and O–H groups in total. The number of hydrogen-bond donors (Lipinski definition) is 1. The summed E-state index contributed by atoms with van der Waals surface area (Å²) in [6.45, 7) is 2.07. The molecule has 1 aliphatic rings. The molecule has 4 nitrogen and oxygen atoms in total. The first-order chi connectivity index (χ1) is 11.7. The van der Waals surface area contributed by atoms with Crippen LogP contribution in [-0.4, -0.2) is 30.4 Å². The van der Waals surface area contributed by atoms with Crippen molar-refractivity contribution in [3.05, 3.63) is 64.6 Å². The normalized spacial score (nSPS) is 18.4. The fourth-order valence-corrected chi connectivity index (χ4v) is 3.33. The van der Waals surface area contributed by atoms with Crippen LogP contribution >= 0.6 is 15.9 Å². The van der Waals surface area contributed by atoms with Gasteiger partial charge in [0.2, 0.25) is 6.10 Å². The van der Waals surface area contributed by atoms with Gasteiger partial charge in [0.25, 0.3) is 5.91 Å². The highest BCUT2D eigenvalue weighted by Crippen LogP contribution is 2.28. The van der Waals surface area contributed by atoms with Crippen molar-refractivity contribution in [2.45, 2.75) is 12.5 Å². The highest BCUT2D eigenvalue weighted by Gasteiger charge is 2.32. The molecule has 24 heavy (non-hydrogen) atoms. The number of ether oxygens (including phenoxy) is 1. The summed E-state index contributed by atoms with van der Waals surface area (Å²) in [5.41, 5.74) is 6.61. The van der Waals surface area contributed by atoms with Gasteiger partial charge in [-0.2, -0.15) is 0 Å². The lowest BCUT2D eigenvalue weighted by Gasteiger charge is -2.25. The van der Waals surface area contributed by atoms with Gasteiger partial charge in [-0.3, -0.25) is 4.79 Å². The van der Waals surface area contributed by atoms with Crippen molar-refractivity contribution in [3.8, 4) is 5.75 Å². The van der Waals surface area contributed by atoms with Gasteiger partial charge in [-0.1, -0.05) is 52.3 Å². The Kier molecular flexibility index (Phi) is 5.53. The Balaban J connectivity index is 1.84. The molecule has 2 aromatic carbocycles. The third-order valence-corrected chi connectivity index (χ3v) is 4.80. The molecule has 0 radical (unpaired) electrons. The number of rotatable bonds is 5. The Labute approximate surface area is 150 Å². The number of nitrogens with two attached hydrogens (primary N) is 1. The lowest BCUT2D eigenvalue weighted by Crippen LogP contribution is -2.36. The monoisotopic (exact) mass is 388 g/mol. The minimum atomic E-state index is -0.642. The zero-order chi connectivity index (χ0) is 16.9. The third-order valence-electron chi connectivity index (χ3n) is 4.31. The van der Waals surface area contributed by atoms with Gasteiger partial charge in [-0.05, 0) is 37.1 Å². The Morgan fingerprint density at radius 1 is 1.25 bits per heavy atom. The molecule has 0 aliphatic carbocycles. The SMILES string of the molecule is NCC1CCN(C(=O)C(Oc2cccc(Br)c2)c2ccccc2)C1. The maximum absolute atomic E-state index is 13.0. The summed E-state index contributed by atoms with van der Waals surface area (Å²) in [4.78, 5) is 14.9. The summed E-state index contributed by atoms with van der Waals surface area (Å²) in [7, 11) is 0. The van der Waals surface area contributed by atoms with Gasteiger partial charge in [0.15, 0.2) is 0 Å². The number of carbonyl (C=O) groups excluding carboxylic acids is 1. The second kappa shape index (κ2) is 7.81. The maximum atomic E-state index is 13.0. The van der Waals surface area contributed by atoms with Crippen molar-refractivity contribution in [2.24, 2.45) is 11.7 Å². The van der Waals surface area contributed by atoms with E-state index in [0.29, 0.717) is 24.8 Å². The molecule has 1 amide bonds. The van der Waals surface area contributed by atoms with E-state index >= 15 is 0 Å². The summed E-state index contributed by atoms with van der Waals surface area (Å²) < 4.78 is 6.99. The van der Waals surface area contributed by atoms with Gasteiger partial charge >= 0.3 is 0 Å². The number of halogens is 1. The molecule has 1 heterocycles. The lowest BCUT2D eigenvalue weighted by atomic mass is 10.1. The summed E-state index contributed by atoms with van der Waals surface area (Å²) >= 11 is 3.44. The number of nitrogens with zero attached hydrogens (tertiary/aromatic N) is 1. The second-order valence-electron chi connectivity index (χ2n) is 6.04. The molecule has 3 rings (SSSR count). The third kappa shape index (κ3) is 3.97. The first-order valence-electron chi connectivity index (χ1n) is 8.13. The molecule has 0 saturated carbocycles. The van der Waals surface area contributed by atoms with Crippen LogP contribution in [0.1, 0.15) is 18.1 Å². The number of benzene rings is 2. The molecular weight excluding hydrogens is 368 g/mol. The summed E-state index contributed by atoms with van der Waals surface area (Å²) in [5.74, 6) is 1.05. The van der Waals surface area contributed by atoms with Crippen molar-refractivity contribution >= 4 is 21.8 Å². The van der Waals surface area contributed by atoms with Crippen molar-refractivity contribution in [1.82, 2.24) is 4.90 Å². The zero-order valence-electron chi connectivity index (χ0n) is 13.4. The lowest BCUT2D eigenvalue weighted by molar-refractivity contribution is -0.138. The van der Waals surface area contributed by atoms with E-state index in [4.69, 9.17) is 10.5 Å². The molecule has 1 saturated heterocycles. The molecule has 0 aromatic heterocycles. The van der Waals surface area contributed by atoms with Crippen LogP contribution in [-0.2, 0) is 4.79 Å². The standard InChI is InChI=1S/C19H21BrN2O2/c20-16-7-4-8-17(11-16)24-18(15-5-2-1-3-6-15)19(23)22-10-9-14(12-21)13-22/h1-8,11,14,18H,9-10,12-13,21H2. The molecule has 0 bridgehead atoms. The average Bonchev–Trinajstić information content (AvgIpc) is 3.09. The quantitative estimate of drug-likeness (QED) is 0.853. The molecule has 1 fully saturated rings. The molecule has 1 aliphatic heterocycles. The van der Waals surface area contributed by atoms with Gasteiger partial charge in [0.1, 0.15) is 5.75 Å². The van der Waals surface area contributed by atoms with Crippen molar-refractivity contribution in [2.75, 3.05) is 19.6 Å². The number of carbonyl (C=O) groups is 1. The van der Waals surface area contributed by atoms with E-state index in [9.17, 15) is 4.79 Å². The molecule has 2 unspecified atom stereocenters. The van der Waals surface area contributed by atoms with Crippen LogP contribution in [0.2, 0.25) is 0 Å². The fourth-order valence-electron chi connectivity index (χ4n) is 2.96. The predicted molar refractivity (Wildman–Crippen MR) is 97.7 cm³/mol. The van der Waals surface area contributed by atoms with Crippen LogP contribution in [0, 0.1) is 5.92 Å².